The molecule has 2 rings (SSSR count). The Hall–Kier alpha value is -2.37. The van der Waals surface area contributed by atoms with Crippen LogP contribution in [0, 0.1) is 0 Å². The summed E-state index contributed by atoms with van der Waals surface area (Å²) in [6.07, 6.45) is 0.656. The molecule has 1 fully saturated rings. The fourth-order valence-corrected chi connectivity index (χ4v) is 2.24. The average Bonchev–Trinajstić information content (AvgIpc) is 2.37. The van der Waals surface area contributed by atoms with Gasteiger partial charge in [0, 0.05) is 12.0 Å². The van der Waals surface area contributed by atoms with Crippen molar-refractivity contribution in [3.8, 4) is 5.75 Å². The summed E-state index contributed by atoms with van der Waals surface area (Å²) in [7, 11) is 1.41. The zero-order valence-corrected chi connectivity index (χ0v) is 10.4. The van der Waals surface area contributed by atoms with E-state index in [9.17, 15) is 14.4 Å². The fraction of sp³-hybridized carbons (Fsp3) is 0.308. The maximum Gasteiger partial charge on any atom is 0.252 e. The molecule has 100 valence electrons. The summed E-state index contributed by atoms with van der Waals surface area (Å²) in [5.41, 5.74) is 6.07. The van der Waals surface area contributed by atoms with Gasteiger partial charge in [0.2, 0.25) is 11.8 Å². The highest BCUT2D eigenvalue weighted by molar-refractivity contribution is 6.02. The number of ether oxygens (including phenoxy) is 1. The van der Waals surface area contributed by atoms with E-state index in [1.165, 1.54) is 13.2 Å². The Morgan fingerprint density at radius 1 is 1.42 bits per heavy atom. The van der Waals surface area contributed by atoms with E-state index >= 15 is 0 Å². The van der Waals surface area contributed by atoms with Crippen LogP contribution < -0.4 is 15.8 Å². The monoisotopic (exact) mass is 262 g/mol. The second-order valence-electron chi connectivity index (χ2n) is 4.30. The molecule has 0 saturated carbocycles. The normalized spacial score (nSPS) is 18.9. The Morgan fingerprint density at radius 3 is 2.74 bits per heavy atom. The van der Waals surface area contributed by atoms with E-state index in [2.05, 4.69) is 5.32 Å². The van der Waals surface area contributed by atoms with Gasteiger partial charge in [0.1, 0.15) is 5.75 Å². The molecule has 1 aliphatic heterocycles. The molecule has 3 N–H and O–H groups in total. The number of primary amides is 1. The van der Waals surface area contributed by atoms with Gasteiger partial charge in [-0.15, -0.1) is 0 Å². The molecule has 1 aromatic rings. The molecule has 0 spiro atoms. The van der Waals surface area contributed by atoms with Crippen molar-refractivity contribution < 1.29 is 19.1 Å². The van der Waals surface area contributed by atoms with Crippen LogP contribution in [0.2, 0.25) is 0 Å². The molecule has 6 heteroatoms. The predicted octanol–water partition coefficient (Wildman–Crippen LogP) is 0.314. The van der Waals surface area contributed by atoms with Gasteiger partial charge in [0.15, 0.2) is 0 Å². The molecule has 0 bridgehead atoms. The quantitative estimate of drug-likeness (QED) is 0.766. The lowest BCUT2D eigenvalue weighted by atomic mass is 9.88. The Morgan fingerprint density at radius 2 is 2.16 bits per heavy atom. The van der Waals surface area contributed by atoms with E-state index in [-0.39, 0.29) is 23.8 Å². The van der Waals surface area contributed by atoms with Crippen LogP contribution in [0.15, 0.2) is 18.2 Å². The van der Waals surface area contributed by atoms with E-state index in [0.717, 1.165) is 0 Å². The Labute approximate surface area is 109 Å². The molecular formula is C13H14N2O4. The van der Waals surface area contributed by atoms with Gasteiger partial charge in [-0.05, 0) is 12.5 Å². The molecular weight excluding hydrogens is 248 g/mol. The molecule has 19 heavy (non-hydrogen) atoms. The summed E-state index contributed by atoms with van der Waals surface area (Å²) >= 11 is 0. The minimum absolute atomic E-state index is 0.227. The van der Waals surface area contributed by atoms with Crippen molar-refractivity contribution >= 4 is 17.7 Å². The number of hydrogen-bond donors (Lipinski definition) is 2. The summed E-state index contributed by atoms with van der Waals surface area (Å²) in [5, 5.41) is 2.28. The first-order chi connectivity index (χ1) is 9.04. The number of piperidine rings is 1. The zero-order valence-electron chi connectivity index (χ0n) is 10.4. The molecule has 1 aliphatic rings. The van der Waals surface area contributed by atoms with Gasteiger partial charge in [-0.3, -0.25) is 19.7 Å². The third-order valence-electron chi connectivity index (χ3n) is 3.13. The highest BCUT2D eigenvalue weighted by atomic mass is 16.5. The lowest BCUT2D eigenvalue weighted by Crippen LogP contribution is -2.39. The van der Waals surface area contributed by atoms with Crippen LogP contribution in [0.25, 0.3) is 0 Å². The van der Waals surface area contributed by atoms with Crippen molar-refractivity contribution in [3.05, 3.63) is 29.3 Å². The number of nitrogens with two attached hydrogens (primary N) is 1. The fourth-order valence-electron chi connectivity index (χ4n) is 2.24. The highest BCUT2D eigenvalue weighted by Gasteiger charge is 2.31. The molecule has 0 aliphatic carbocycles. The van der Waals surface area contributed by atoms with Gasteiger partial charge in [-0.25, -0.2) is 0 Å². The predicted molar refractivity (Wildman–Crippen MR) is 66.6 cm³/mol. The van der Waals surface area contributed by atoms with Crippen LogP contribution >= 0.6 is 0 Å². The molecule has 1 atom stereocenters. The average molecular weight is 262 g/mol. The zero-order chi connectivity index (χ0) is 14.0. The minimum Gasteiger partial charge on any atom is -0.496 e. The van der Waals surface area contributed by atoms with Crippen molar-refractivity contribution in [1.29, 1.82) is 0 Å². The van der Waals surface area contributed by atoms with Crippen LogP contribution in [0.1, 0.15) is 34.7 Å². The summed E-state index contributed by atoms with van der Waals surface area (Å²) in [6, 6.07) is 4.88. The maximum atomic E-state index is 11.9. The van der Waals surface area contributed by atoms with Crippen molar-refractivity contribution in [1.82, 2.24) is 5.32 Å². The lowest BCUT2D eigenvalue weighted by Gasteiger charge is -2.23. The molecule has 0 aromatic heterocycles. The highest BCUT2D eigenvalue weighted by Crippen LogP contribution is 2.34. The number of carbonyl (C=O) groups is 3. The topological polar surface area (TPSA) is 98.5 Å². The van der Waals surface area contributed by atoms with Gasteiger partial charge in [-0.2, -0.15) is 0 Å². The smallest absolute Gasteiger partial charge is 0.252 e. The number of para-hydroxylation sites is 1. The molecule has 6 nitrogen and oxygen atoms in total. The molecule has 1 heterocycles. The number of imide groups is 1. The summed E-state index contributed by atoms with van der Waals surface area (Å²) < 4.78 is 5.20. The Kier molecular flexibility index (Phi) is 3.50. The number of nitrogens with one attached hydrogen (secondary N) is 1. The first-order valence-corrected chi connectivity index (χ1v) is 5.85. The van der Waals surface area contributed by atoms with Crippen molar-refractivity contribution in [2.45, 2.75) is 18.8 Å². The van der Waals surface area contributed by atoms with E-state index in [4.69, 9.17) is 10.5 Å². The van der Waals surface area contributed by atoms with Gasteiger partial charge in [0.05, 0.1) is 18.6 Å². The second-order valence-corrected chi connectivity index (χ2v) is 4.30. The SMILES string of the molecule is COc1c(C(N)=O)cccc1[C@@H]1CCC(=O)NC1=O. The number of carbonyl (C=O) groups excluding carboxylic acids is 3. The molecule has 3 amide bonds. The van der Waals surface area contributed by atoms with Crippen molar-refractivity contribution in [3.63, 3.8) is 0 Å². The first kappa shape index (κ1) is 13.1. The lowest BCUT2D eigenvalue weighted by molar-refractivity contribution is -0.134. The van der Waals surface area contributed by atoms with Crippen molar-refractivity contribution in [2.75, 3.05) is 7.11 Å². The minimum atomic E-state index is -0.619. The summed E-state index contributed by atoms with van der Waals surface area (Å²) in [4.78, 5) is 34.3. The Balaban J connectivity index is 2.45. The van der Waals surface area contributed by atoms with Crippen molar-refractivity contribution in [2.24, 2.45) is 5.73 Å². The largest absolute Gasteiger partial charge is 0.496 e. The van der Waals surface area contributed by atoms with Crippen LogP contribution in [-0.2, 0) is 9.59 Å². The third kappa shape index (κ3) is 2.42. The van der Waals surface area contributed by atoms with Gasteiger partial charge < -0.3 is 10.5 Å². The number of amides is 3. The number of rotatable bonds is 3. The van der Waals surface area contributed by atoms with E-state index in [1.807, 2.05) is 0 Å². The third-order valence-corrected chi connectivity index (χ3v) is 3.13. The number of methoxy groups -OCH3 is 1. The molecule has 0 unspecified atom stereocenters. The van der Waals surface area contributed by atoms with E-state index < -0.39 is 11.8 Å². The number of benzene rings is 1. The molecule has 0 radical (unpaired) electrons. The van der Waals surface area contributed by atoms with Crippen LogP contribution in [-0.4, -0.2) is 24.8 Å². The van der Waals surface area contributed by atoms with Gasteiger partial charge in [-0.1, -0.05) is 12.1 Å². The molecule has 1 aromatic carbocycles. The Bertz CT molecular complexity index is 554. The standard InChI is InChI=1S/C13H14N2O4/c1-19-11-7(3-2-4-9(11)12(14)17)8-5-6-10(16)15-13(8)18/h2-4,8H,5-6H2,1H3,(H2,14,17)(H,15,16,18)/t8-/m0/s1. The van der Waals surface area contributed by atoms with E-state index in [0.29, 0.717) is 17.7 Å². The van der Waals surface area contributed by atoms with Crippen LogP contribution in [0.4, 0.5) is 0 Å². The summed E-state index contributed by atoms with van der Waals surface area (Å²) in [5.74, 6) is -1.50. The first-order valence-electron chi connectivity index (χ1n) is 5.85. The molecule has 1 saturated heterocycles. The van der Waals surface area contributed by atoms with Gasteiger partial charge >= 0.3 is 0 Å². The van der Waals surface area contributed by atoms with Crippen LogP contribution in [0.5, 0.6) is 5.75 Å². The maximum absolute atomic E-state index is 11.9. The van der Waals surface area contributed by atoms with Gasteiger partial charge in [0.25, 0.3) is 5.91 Å². The van der Waals surface area contributed by atoms with E-state index in [1.54, 1.807) is 12.1 Å². The number of hydrogen-bond acceptors (Lipinski definition) is 4. The van der Waals surface area contributed by atoms with Crippen LogP contribution in [0.3, 0.4) is 0 Å². The summed E-state index contributed by atoms with van der Waals surface area (Å²) in [6.45, 7) is 0. The second kappa shape index (κ2) is 5.09.